The van der Waals surface area contributed by atoms with Gasteiger partial charge in [-0.25, -0.2) is 9.78 Å². The molecule has 0 saturated carbocycles. The smallest absolute Gasteiger partial charge is 0.323 e. The zero-order valence-corrected chi connectivity index (χ0v) is 17.1. The average molecular weight is 397 g/mol. The molecule has 1 fully saturated rings. The fourth-order valence-corrected chi connectivity index (χ4v) is 3.97. The molecule has 0 spiro atoms. The van der Waals surface area contributed by atoms with E-state index in [1.807, 2.05) is 51.2 Å². The molecule has 3 heterocycles. The minimum atomic E-state index is -0.141. The number of pyridine rings is 1. The Balaban J connectivity index is 1.37. The molecule has 1 aliphatic heterocycles. The molecular weight excluding hydrogens is 372 g/mol. The molecule has 1 aliphatic rings. The lowest BCUT2D eigenvalue weighted by molar-refractivity contribution is -0.0467. The second-order valence-corrected chi connectivity index (χ2v) is 9.10. The van der Waals surface area contributed by atoms with Gasteiger partial charge < -0.3 is 9.64 Å². The number of anilines is 1. The van der Waals surface area contributed by atoms with Gasteiger partial charge in [-0.2, -0.15) is 0 Å². The van der Waals surface area contributed by atoms with Gasteiger partial charge in [0.25, 0.3) is 0 Å². The Hall–Kier alpha value is -2.51. The first-order chi connectivity index (χ1) is 13.4. The van der Waals surface area contributed by atoms with Crippen molar-refractivity contribution < 1.29 is 9.53 Å². The summed E-state index contributed by atoms with van der Waals surface area (Å²) in [5, 5.41) is 3.55. The van der Waals surface area contributed by atoms with Gasteiger partial charge in [0.1, 0.15) is 0 Å². The lowest BCUT2D eigenvalue weighted by atomic mass is 10.0. The molecule has 1 aromatic carbocycles. The zero-order valence-electron chi connectivity index (χ0n) is 16.3. The molecule has 2 amide bonds. The Kier molecular flexibility index (Phi) is 5.03. The summed E-state index contributed by atoms with van der Waals surface area (Å²) in [6, 6.07) is 9.95. The standard InChI is InChI=1S/C21H24N4O2S/c1-21(2,3)27-13-14-11-25(12-14)20(26)24-19-23-17-7-6-15(9-18(17)28-19)16-5-4-8-22-10-16/h4-10,14H,11-13H2,1-3H3,(H,23,24,26). The zero-order chi connectivity index (χ0) is 19.7. The summed E-state index contributed by atoms with van der Waals surface area (Å²) in [4.78, 5) is 22.9. The van der Waals surface area contributed by atoms with Crippen LogP contribution in [0, 0.1) is 5.92 Å². The van der Waals surface area contributed by atoms with Crippen LogP contribution in [-0.4, -0.2) is 46.2 Å². The van der Waals surface area contributed by atoms with Crippen molar-refractivity contribution in [2.24, 2.45) is 5.92 Å². The molecule has 0 aliphatic carbocycles. The normalized spacial score (nSPS) is 14.9. The second-order valence-electron chi connectivity index (χ2n) is 8.07. The molecule has 0 radical (unpaired) electrons. The van der Waals surface area contributed by atoms with E-state index in [0.717, 1.165) is 34.4 Å². The Morgan fingerprint density at radius 1 is 1.29 bits per heavy atom. The summed E-state index contributed by atoms with van der Waals surface area (Å²) in [5.74, 6) is 0.405. The van der Waals surface area contributed by atoms with Gasteiger partial charge in [0.05, 0.1) is 22.4 Å². The van der Waals surface area contributed by atoms with Crippen molar-refractivity contribution >= 4 is 32.7 Å². The van der Waals surface area contributed by atoms with Crippen LogP contribution in [0.5, 0.6) is 0 Å². The summed E-state index contributed by atoms with van der Waals surface area (Å²) in [6.07, 6.45) is 3.60. The Bertz CT molecular complexity index is 975. The lowest BCUT2D eigenvalue weighted by Gasteiger charge is -2.39. The first kappa shape index (κ1) is 18.8. The molecule has 4 rings (SSSR count). The molecule has 1 N–H and O–H groups in total. The van der Waals surface area contributed by atoms with Crippen molar-refractivity contribution in [2.75, 3.05) is 25.0 Å². The highest BCUT2D eigenvalue weighted by molar-refractivity contribution is 7.22. The number of thiazole rings is 1. The first-order valence-electron chi connectivity index (χ1n) is 9.38. The van der Waals surface area contributed by atoms with Crippen LogP contribution in [0.1, 0.15) is 20.8 Å². The molecular formula is C21H24N4O2S. The van der Waals surface area contributed by atoms with E-state index in [9.17, 15) is 4.79 Å². The number of nitrogens with one attached hydrogen (secondary N) is 1. The van der Waals surface area contributed by atoms with E-state index in [0.29, 0.717) is 17.7 Å². The summed E-state index contributed by atoms with van der Waals surface area (Å²) in [7, 11) is 0. The third-order valence-electron chi connectivity index (χ3n) is 4.59. The predicted octanol–water partition coefficient (Wildman–Crippen LogP) is 4.64. The molecule has 7 heteroatoms. The third kappa shape index (κ3) is 4.31. The van der Waals surface area contributed by atoms with Crippen LogP contribution in [0.15, 0.2) is 42.7 Å². The number of hydrogen-bond acceptors (Lipinski definition) is 5. The molecule has 146 valence electrons. The van der Waals surface area contributed by atoms with E-state index >= 15 is 0 Å². The van der Waals surface area contributed by atoms with E-state index in [4.69, 9.17) is 4.74 Å². The van der Waals surface area contributed by atoms with Crippen LogP contribution in [-0.2, 0) is 4.74 Å². The van der Waals surface area contributed by atoms with Gasteiger partial charge in [0.15, 0.2) is 5.13 Å². The van der Waals surface area contributed by atoms with Gasteiger partial charge in [-0.15, -0.1) is 0 Å². The highest BCUT2D eigenvalue weighted by atomic mass is 32.1. The number of benzene rings is 1. The Morgan fingerprint density at radius 2 is 2.11 bits per heavy atom. The molecule has 2 aromatic heterocycles. The van der Waals surface area contributed by atoms with Crippen LogP contribution in [0.3, 0.4) is 0 Å². The predicted molar refractivity (Wildman–Crippen MR) is 113 cm³/mol. The average Bonchev–Trinajstić information content (AvgIpc) is 3.01. The number of hydrogen-bond donors (Lipinski definition) is 1. The Labute approximate surface area is 168 Å². The minimum absolute atomic E-state index is 0.0986. The lowest BCUT2D eigenvalue weighted by Crippen LogP contribution is -2.53. The molecule has 1 saturated heterocycles. The molecule has 3 aromatic rings. The van der Waals surface area contributed by atoms with E-state index < -0.39 is 0 Å². The molecule has 0 unspecified atom stereocenters. The maximum absolute atomic E-state index is 12.4. The van der Waals surface area contributed by atoms with Crippen LogP contribution in [0.2, 0.25) is 0 Å². The summed E-state index contributed by atoms with van der Waals surface area (Å²) in [5.41, 5.74) is 2.89. The second kappa shape index (κ2) is 7.48. The number of aromatic nitrogens is 2. The van der Waals surface area contributed by atoms with Crippen molar-refractivity contribution in [3.63, 3.8) is 0 Å². The van der Waals surface area contributed by atoms with Gasteiger partial charge >= 0.3 is 6.03 Å². The number of nitrogens with zero attached hydrogens (tertiary/aromatic N) is 3. The van der Waals surface area contributed by atoms with Crippen LogP contribution in [0.4, 0.5) is 9.93 Å². The highest BCUT2D eigenvalue weighted by Crippen LogP contribution is 2.31. The van der Waals surface area contributed by atoms with Crippen molar-refractivity contribution in [2.45, 2.75) is 26.4 Å². The highest BCUT2D eigenvalue weighted by Gasteiger charge is 2.32. The number of rotatable bonds is 4. The molecule has 0 bridgehead atoms. The van der Waals surface area contributed by atoms with Crippen molar-refractivity contribution in [3.05, 3.63) is 42.7 Å². The van der Waals surface area contributed by atoms with Crippen molar-refractivity contribution in [1.82, 2.24) is 14.9 Å². The maximum Gasteiger partial charge on any atom is 0.323 e. The molecule has 0 atom stereocenters. The number of ether oxygens (including phenoxy) is 1. The minimum Gasteiger partial charge on any atom is -0.375 e. The number of fused-ring (bicyclic) bond motifs is 1. The SMILES string of the molecule is CC(C)(C)OCC1CN(C(=O)Nc2nc3ccc(-c4cccnc4)cc3s2)C1. The van der Waals surface area contributed by atoms with Crippen LogP contribution in [0.25, 0.3) is 21.3 Å². The largest absolute Gasteiger partial charge is 0.375 e. The van der Waals surface area contributed by atoms with E-state index in [1.165, 1.54) is 11.3 Å². The number of urea groups is 1. The van der Waals surface area contributed by atoms with Crippen LogP contribution >= 0.6 is 11.3 Å². The number of carbonyl (C=O) groups is 1. The fraction of sp³-hybridized carbons (Fsp3) is 0.381. The van der Waals surface area contributed by atoms with E-state index in [1.54, 1.807) is 11.1 Å². The Morgan fingerprint density at radius 3 is 2.82 bits per heavy atom. The summed E-state index contributed by atoms with van der Waals surface area (Å²) in [6.45, 7) is 8.26. The first-order valence-corrected chi connectivity index (χ1v) is 10.2. The molecule has 6 nitrogen and oxygen atoms in total. The number of carbonyl (C=O) groups excluding carboxylic acids is 1. The van der Waals surface area contributed by atoms with Gasteiger partial charge in [-0.1, -0.05) is 23.5 Å². The third-order valence-corrected chi connectivity index (χ3v) is 5.53. The van der Waals surface area contributed by atoms with Crippen molar-refractivity contribution in [1.29, 1.82) is 0 Å². The number of likely N-dealkylation sites (tertiary alicyclic amines) is 1. The number of amides is 2. The quantitative estimate of drug-likeness (QED) is 0.698. The fourth-order valence-electron chi connectivity index (χ4n) is 3.07. The van der Waals surface area contributed by atoms with Gasteiger partial charge in [-0.05, 0) is 44.5 Å². The maximum atomic E-state index is 12.4. The van der Waals surface area contributed by atoms with Crippen molar-refractivity contribution in [3.8, 4) is 11.1 Å². The monoisotopic (exact) mass is 396 g/mol. The van der Waals surface area contributed by atoms with Gasteiger partial charge in [0.2, 0.25) is 0 Å². The van der Waals surface area contributed by atoms with E-state index in [-0.39, 0.29) is 11.6 Å². The topological polar surface area (TPSA) is 67.3 Å². The summed E-state index contributed by atoms with van der Waals surface area (Å²) >= 11 is 1.49. The molecule has 28 heavy (non-hydrogen) atoms. The van der Waals surface area contributed by atoms with Gasteiger partial charge in [0, 0.05) is 37.0 Å². The van der Waals surface area contributed by atoms with Gasteiger partial charge in [-0.3, -0.25) is 10.3 Å². The van der Waals surface area contributed by atoms with E-state index in [2.05, 4.69) is 21.4 Å². The van der Waals surface area contributed by atoms with Crippen LogP contribution < -0.4 is 5.32 Å². The summed E-state index contributed by atoms with van der Waals surface area (Å²) < 4.78 is 6.83.